The molecule has 2 aromatic rings. The molecule has 1 saturated heterocycles. The Balaban J connectivity index is 1.72. The fourth-order valence-corrected chi connectivity index (χ4v) is 3.51. The topological polar surface area (TPSA) is 42.0 Å². The number of rotatable bonds is 9. The van der Waals surface area contributed by atoms with Crippen LogP contribution in [0.1, 0.15) is 42.6 Å². The Labute approximate surface area is 180 Å². The highest BCUT2D eigenvalue weighted by Crippen LogP contribution is 2.20. The van der Waals surface area contributed by atoms with E-state index in [-0.39, 0.29) is 12.0 Å². The second-order valence-electron chi connectivity index (χ2n) is 8.61. The lowest BCUT2D eigenvalue weighted by Crippen LogP contribution is -2.37. The molecule has 1 amide bonds. The number of carbonyl (C=O) groups is 1. The number of amides is 1. The highest BCUT2D eigenvalue weighted by molar-refractivity contribution is 5.94. The van der Waals surface area contributed by atoms with Crippen LogP contribution in [0.2, 0.25) is 0 Å². The third-order valence-electron chi connectivity index (χ3n) is 5.25. The zero-order valence-electron chi connectivity index (χ0n) is 18.6. The summed E-state index contributed by atoms with van der Waals surface area (Å²) in [6, 6.07) is 15.8. The van der Waals surface area contributed by atoms with Gasteiger partial charge in [0.1, 0.15) is 5.75 Å². The maximum absolute atomic E-state index is 13.3. The van der Waals surface area contributed by atoms with Crippen molar-refractivity contribution in [3.05, 3.63) is 59.7 Å². The first-order valence-electron chi connectivity index (χ1n) is 10.8. The Hall–Kier alpha value is -2.53. The van der Waals surface area contributed by atoms with Gasteiger partial charge >= 0.3 is 0 Å². The van der Waals surface area contributed by atoms with Crippen molar-refractivity contribution in [2.45, 2.75) is 39.3 Å². The zero-order chi connectivity index (χ0) is 21.5. The van der Waals surface area contributed by atoms with E-state index >= 15 is 0 Å². The predicted molar refractivity (Wildman–Crippen MR) is 121 cm³/mol. The van der Waals surface area contributed by atoms with Crippen molar-refractivity contribution in [2.75, 3.05) is 38.8 Å². The monoisotopic (exact) mass is 410 g/mol. The molecule has 1 atom stereocenters. The van der Waals surface area contributed by atoms with E-state index in [0.29, 0.717) is 31.2 Å². The normalized spacial score (nSPS) is 16.0. The van der Waals surface area contributed by atoms with Crippen molar-refractivity contribution in [3.63, 3.8) is 0 Å². The first-order chi connectivity index (χ1) is 14.4. The Kier molecular flexibility index (Phi) is 7.75. The molecular formula is C25H34N2O3. The molecule has 1 aliphatic rings. The minimum Gasteiger partial charge on any atom is -0.493 e. The number of benzene rings is 2. The van der Waals surface area contributed by atoms with Crippen LogP contribution in [-0.4, -0.2) is 50.8 Å². The van der Waals surface area contributed by atoms with Gasteiger partial charge in [-0.1, -0.05) is 26.0 Å². The molecule has 5 heteroatoms. The lowest BCUT2D eigenvalue weighted by atomic mass is 10.1. The summed E-state index contributed by atoms with van der Waals surface area (Å²) in [6.07, 6.45) is 2.18. The van der Waals surface area contributed by atoms with Crippen molar-refractivity contribution in [3.8, 4) is 5.75 Å². The van der Waals surface area contributed by atoms with Crippen molar-refractivity contribution in [1.29, 1.82) is 0 Å². The minimum absolute atomic E-state index is 0.0256. The molecule has 162 valence electrons. The first-order valence-corrected chi connectivity index (χ1v) is 10.8. The Morgan fingerprint density at radius 3 is 2.37 bits per heavy atom. The van der Waals surface area contributed by atoms with Gasteiger partial charge < -0.3 is 19.3 Å². The summed E-state index contributed by atoms with van der Waals surface area (Å²) in [6.45, 7) is 6.86. The van der Waals surface area contributed by atoms with Gasteiger partial charge in [-0.05, 0) is 60.7 Å². The van der Waals surface area contributed by atoms with Gasteiger partial charge in [-0.25, -0.2) is 0 Å². The molecule has 0 N–H and O–H groups in total. The van der Waals surface area contributed by atoms with Crippen LogP contribution in [0.25, 0.3) is 0 Å². The predicted octanol–water partition coefficient (Wildman–Crippen LogP) is 4.61. The van der Waals surface area contributed by atoms with Crippen LogP contribution in [-0.2, 0) is 11.3 Å². The van der Waals surface area contributed by atoms with Gasteiger partial charge in [-0.2, -0.15) is 0 Å². The van der Waals surface area contributed by atoms with Gasteiger partial charge in [0.05, 0.1) is 12.7 Å². The lowest BCUT2D eigenvalue weighted by Gasteiger charge is -2.26. The van der Waals surface area contributed by atoms with Gasteiger partial charge in [0.25, 0.3) is 5.91 Å². The molecule has 0 bridgehead atoms. The van der Waals surface area contributed by atoms with Gasteiger partial charge in [0, 0.05) is 45.0 Å². The average molecular weight is 411 g/mol. The van der Waals surface area contributed by atoms with Crippen LogP contribution in [0.5, 0.6) is 5.75 Å². The quantitative estimate of drug-likeness (QED) is 0.605. The summed E-state index contributed by atoms with van der Waals surface area (Å²) in [4.78, 5) is 17.3. The molecule has 1 unspecified atom stereocenters. The largest absolute Gasteiger partial charge is 0.493 e. The van der Waals surface area contributed by atoms with E-state index in [1.54, 1.807) is 0 Å². The number of carbonyl (C=O) groups excluding carboxylic acids is 1. The van der Waals surface area contributed by atoms with E-state index in [9.17, 15) is 4.79 Å². The SMILES string of the molecule is CC(C)COc1ccc(C(=O)N(Cc2ccc(N(C)C)cc2)CC2CCCO2)cc1. The smallest absolute Gasteiger partial charge is 0.254 e. The molecule has 30 heavy (non-hydrogen) atoms. The second-order valence-corrected chi connectivity index (χ2v) is 8.61. The van der Waals surface area contributed by atoms with Gasteiger partial charge in [-0.3, -0.25) is 4.79 Å². The second kappa shape index (κ2) is 10.5. The van der Waals surface area contributed by atoms with Gasteiger partial charge in [0.15, 0.2) is 0 Å². The highest BCUT2D eigenvalue weighted by atomic mass is 16.5. The Bertz CT molecular complexity index is 794. The van der Waals surface area contributed by atoms with E-state index in [1.807, 2.05) is 43.3 Å². The van der Waals surface area contributed by atoms with Crippen LogP contribution < -0.4 is 9.64 Å². The summed E-state index contributed by atoms with van der Waals surface area (Å²) in [5.74, 6) is 1.29. The van der Waals surface area contributed by atoms with Crippen molar-refractivity contribution in [2.24, 2.45) is 5.92 Å². The van der Waals surface area contributed by atoms with E-state index in [2.05, 4.69) is 43.0 Å². The minimum atomic E-state index is 0.0256. The third-order valence-corrected chi connectivity index (χ3v) is 5.25. The molecule has 0 aromatic heterocycles. The summed E-state index contributed by atoms with van der Waals surface area (Å²) >= 11 is 0. The maximum atomic E-state index is 13.3. The van der Waals surface area contributed by atoms with Crippen LogP contribution in [0.4, 0.5) is 5.69 Å². The molecule has 0 spiro atoms. The number of hydrogen-bond acceptors (Lipinski definition) is 4. The van der Waals surface area contributed by atoms with Crippen molar-refractivity contribution < 1.29 is 14.3 Å². The van der Waals surface area contributed by atoms with Crippen LogP contribution in [0.15, 0.2) is 48.5 Å². The van der Waals surface area contributed by atoms with E-state index in [1.165, 1.54) is 0 Å². The third kappa shape index (κ3) is 6.23. The molecule has 1 fully saturated rings. The molecule has 0 radical (unpaired) electrons. The highest BCUT2D eigenvalue weighted by Gasteiger charge is 2.24. The zero-order valence-corrected chi connectivity index (χ0v) is 18.6. The van der Waals surface area contributed by atoms with E-state index in [4.69, 9.17) is 9.47 Å². The fourth-order valence-electron chi connectivity index (χ4n) is 3.51. The van der Waals surface area contributed by atoms with Crippen LogP contribution in [0.3, 0.4) is 0 Å². The summed E-state index contributed by atoms with van der Waals surface area (Å²) in [5, 5.41) is 0. The van der Waals surface area contributed by atoms with Crippen molar-refractivity contribution in [1.82, 2.24) is 4.90 Å². The molecule has 0 aliphatic carbocycles. The molecule has 2 aromatic carbocycles. The molecule has 5 nitrogen and oxygen atoms in total. The van der Waals surface area contributed by atoms with E-state index < -0.39 is 0 Å². The number of ether oxygens (including phenoxy) is 2. The van der Waals surface area contributed by atoms with Gasteiger partial charge in [0.2, 0.25) is 0 Å². The molecular weight excluding hydrogens is 376 g/mol. The van der Waals surface area contributed by atoms with Gasteiger partial charge in [-0.15, -0.1) is 0 Å². The summed E-state index contributed by atoms with van der Waals surface area (Å²) in [7, 11) is 4.05. The first kappa shape index (κ1) is 22.2. The number of nitrogens with zero attached hydrogens (tertiary/aromatic N) is 2. The summed E-state index contributed by atoms with van der Waals surface area (Å²) < 4.78 is 11.6. The van der Waals surface area contributed by atoms with Crippen molar-refractivity contribution >= 4 is 11.6 Å². The molecule has 3 rings (SSSR count). The van der Waals surface area contributed by atoms with E-state index in [0.717, 1.165) is 36.4 Å². The maximum Gasteiger partial charge on any atom is 0.254 e. The Morgan fingerprint density at radius 2 is 1.80 bits per heavy atom. The fraction of sp³-hybridized carbons (Fsp3) is 0.480. The molecule has 1 heterocycles. The lowest BCUT2D eigenvalue weighted by molar-refractivity contribution is 0.0507. The standard InChI is InChI=1S/C25H34N2O3/c1-19(2)18-30-23-13-9-21(10-14-23)25(28)27(17-24-6-5-15-29-24)16-20-7-11-22(12-8-20)26(3)4/h7-14,19,24H,5-6,15-18H2,1-4H3. The number of anilines is 1. The molecule has 0 saturated carbocycles. The Morgan fingerprint density at radius 1 is 1.10 bits per heavy atom. The summed E-state index contributed by atoms with van der Waals surface area (Å²) in [5.41, 5.74) is 2.94. The van der Waals surface area contributed by atoms with Crippen LogP contribution >= 0.6 is 0 Å². The number of hydrogen-bond donors (Lipinski definition) is 0. The average Bonchev–Trinajstić information content (AvgIpc) is 3.25. The van der Waals surface area contributed by atoms with Crippen LogP contribution in [0, 0.1) is 5.92 Å². The molecule has 1 aliphatic heterocycles.